The summed E-state index contributed by atoms with van der Waals surface area (Å²) in [6.07, 6.45) is 5.25. The van der Waals surface area contributed by atoms with Gasteiger partial charge in [-0.25, -0.2) is 0 Å². The van der Waals surface area contributed by atoms with Crippen molar-refractivity contribution in [3.63, 3.8) is 0 Å². The van der Waals surface area contributed by atoms with Crippen LogP contribution in [-0.2, 0) is 3.42 Å². The van der Waals surface area contributed by atoms with Crippen molar-refractivity contribution in [3.8, 4) is 5.75 Å². The molecule has 1 saturated carbocycles. The normalized spacial score (nSPS) is 31.5. The fraction of sp³-hybridized carbons (Fsp3) is 0.500. The van der Waals surface area contributed by atoms with Crippen LogP contribution in [0.25, 0.3) is 0 Å². The van der Waals surface area contributed by atoms with Crippen molar-refractivity contribution in [1.82, 2.24) is 0 Å². The lowest BCUT2D eigenvalue weighted by Crippen LogP contribution is -2.32. The molecule has 0 radical (unpaired) electrons. The second kappa shape index (κ2) is 4.77. The number of rotatable bonds is 1. The molecular formula is C12H14I2O. The molecule has 0 aromatic heterocycles. The molecule has 1 N–H and O–H groups in total. The largest absolute Gasteiger partial charge is 0.508 e. The lowest BCUT2D eigenvalue weighted by Gasteiger charge is -2.37. The average molecular weight is 428 g/mol. The summed E-state index contributed by atoms with van der Waals surface area (Å²) in [6, 6.07) is 7.74. The molecule has 1 aliphatic carbocycles. The van der Waals surface area contributed by atoms with Crippen LogP contribution in [-0.4, -0.2) is 9.03 Å². The molecule has 0 saturated heterocycles. The van der Waals surface area contributed by atoms with Gasteiger partial charge in [-0.05, 0) is 30.5 Å². The third-order valence-corrected chi connectivity index (χ3v) is 7.88. The Labute approximate surface area is 118 Å². The third kappa shape index (κ3) is 2.43. The van der Waals surface area contributed by atoms with E-state index in [-0.39, 0.29) is 3.42 Å². The molecule has 0 heterocycles. The highest BCUT2D eigenvalue weighted by atomic mass is 127. The third-order valence-electron chi connectivity index (χ3n) is 3.09. The smallest absolute Gasteiger partial charge is 0.115 e. The van der Waals surface area contributed by atoms with E-state index in [2.05, 4.69) is 57.3 Å². The van der Waals surface area contributed by atoms with Crippen molar-refractivity contribution < 1.29 is 5.11 Å². The Morgan fingerprint density at radius 1 is 1.20 bits per heavy atom. The topological polar surface area (TPSA) is 20.2 Å². The molecule has 0 spiro atoms. The summed E-state index contributed by atoms with van der Waals surface area (Å²) in [6.45, 7) is 0. The first-order chi connectivity index (χ1) is 7.13. The summed E-state index contributed by atoms with van der Waals surface area (Å²) in [7, 11) is 0. The van der Waals surface area contributed by atoms with Crippen molar-refractivity contribution >= 4 is 45.2 Å². The molecule has 0 bridgehead atoms. The Bertz CT molecular complexity index is 336. The summed E-state index contributed by atoms with van der Waals surface area (Å²) in [5, 5.41) is 9.30. The van der Waals surface area contributed by atoms with Crippen molar-refractivity contribution in [2.75, 3.05) is 0 Å². The first kappa shape index (κ1) is 12.0. The highest BCUT2D eigenvalue weighted by Crippen LogP contribution is 2.48. The number of aromatic hydroxyl groups is 1. The minimum Gasteiger partial charge on any atom is -0.508 e. The van der Waals surface area contributed by atoms with Crippen LogP contribution in [0.15, 0.2) is 24.3 Å². The lowest BCUT2D eigenvalue weighted by molar-refractivity contribution is 0.447. The van der Waals surface area contributed by atoms with Gasteiger partial charge < -0.3 is 5.11 Å². The van der Waals surface area contributed by atoms with Gasteiger partial charge in [0, 0.05) is 3.92 Å². The molecule has 82 valence electrons. The van der Waals surface area contributed by atoms with Crippen LogP contribution < -0.4 is 0 Å². The molecule has 0 aliphatic heterocycles. The van der Waals surface area contributed by atoms with Crippen LogP contribution >= 0.6 is 45.2 Å². The van der Waals surface area contributed by atoms with Crippen LogP contribution in [0.2, 0.25) is 0 Å². The zero-order valence-corrected chi connectivity index (χ0v) is 12.7. The van der Waals surface area contributed by atoms with Crippen LogP contribution in [0.3, 0.4) is 0 Å². The van der Waals surface area contributed by atoms with E-state index >= 15 is 0 Å². The maximum atomic E-state index is 9.30. The van der Waals surface area contributed by atoms with Crippen molar-refractivity contribution in [3.05, 3.63) is 29.8 Å². The minimum absolute atomic E-state index is 0.268. The quantitative estimate of drug-likeness (QED) is 0.520. The highest BCUT2D eigenvalue weighted by Gasteiger charge is 2.38. The van der Waals surface area contributed by atoms with Gasteiger partial charge in [-0.15, -0.1) is 0 Å². The van der Waals surface area contributed by atoms with E-state index in [1.807, 2.05) is 0 Å². The van der Waals surface area contributed by atoms with Crippen molar-refractivity contribution in [1.29, 1.82) is 0 Å². The van der Waals surface area contributed by atoms with Gasteiger partial charge in [0.15, 0.2) is 0 Å². The maximum Gasteiger partial charge on any atom is 0.115 e. The van der Waals surface area contributed by atoms with Crippen LogP contribution in [0.1, 0.15) is 31.2 Å². The second-order valence-electron chi connectivity index (χ2n) is 4.12. The standard InChI is InChI=1S/C12H14I2O/c13-11-3-1-2-8-12(11,14)9-4-6-10(15)7-5-9/h4-7,11,15H,1-3,8H2. The SMILES string of the molecule is Oc1ccc(C2(I)CCCCC2I)cc1. The van der Waals surface area contributed by atoms with E-state index < -0.39 is 0 Å². The molecule has 2 rings (SSSR count). The summed E-state index contributed by atoms with van der Waals surface area (Å²) < 4.78 is 0.971. The molecule has 15 heavy (non-hydrogen) atoms. The molecule has 1 aromatic rings. The molecule has 1 aromatic carbocycles. The Balaban J connectivity index is 2.30. The number of hydrogen-bond donors (Lipinski definition) is 1. The van der Waals surface area contributed by atoms with Gasteiger partial charge in [0.05, 0.1) is 3.42 Å². The van der Waals surface area contributed by atoms with Crippen molar-refractivity contribution in [2.24, 2.45) is 0 Å². The van der Waals surface area contributed by atoms with Gasteiger partial charge >= 0.3 is 0 Å². The fourth-order valence-corrected chi connectivity index (χ4v) is 4.32. The molecule has 1 nitrogen and oxygen atoms in total. The van der Waals surface area contributed by atoms with E-state index in [1.54, 1.807) is 12.1 Å². The Kier molecular flexibility index (Phi) is 3.80. The van der Waals surface area contributed by atoms with Crippen molar-refractivity contribution in [2.45, 2.75) is 33.0 Å². The van der Waals surface area contributed by atoms with Crippen LogP contribution in [0.4, 0.5) is 0 Å². The predicted octanol–water partition coefficient (Wildman–Crippen LogP) is 4.40. The van der Waals surface area contributed by atoms with E-state index in [0.29, 0.717) is 9.67 Å². The molecule has 0 amide bonds. The van der Waals surface area contributed by atoms with E-state index in [9.17, 15) is 5.11 Å². The molecule has 3 heteroatoms. The summed E-state index contributed by atoms with van der Waals surface area (Å²) in [5.41, 5.74) is 1.36. The number of halogens is 2. The molecular weight excluding hydrogens is 414 g/mol. The number of benzene rings is 1. The van der Waals surface area contributed by atoms with Gasteiger partial charge in [0.2, 0.25) is 0 Å². The monoisotopic (exact) mass is 428 g/mol. The molecule has 2 atom stereocenters. The predicted molar refractivity (Wildman–Crippen MR) is 80.1 cm³/mol. The summed E-state index contributed by atoms with van der Waals surface area (Å²) in [5.74, 6) is 0.361. The second-order valence-corrected chi connectivity index (χ2v) is 7.55. The number of hydrogen-bond acceptors (Lipinski definition) is 1. The van der Waals surface area contributed by atoms with Gasteiger partial charge in [0.25, 0.3) is 0 Å². The average Bonchev–Trinajstić information content (AvgIpc) is 2.23. The highest BCUT2D eigenvalue weighted by molar-refractivity contribution is 14.1. The zero-order chi connectivity index (χ0) is 10.9. The number of alkyl halides is 2. The van der Waals surface area contributed by atoms with E-state index in [4.69, 9.17) is 0 Å². The van der Waals surface area contributed by atoms with E-state index in [1.165, 1.54) is 31.2 Å². The van der Waals surface area contributed by atoms with Gasteiger partial charge in [-0.1, -0.05) is 70.2 Å². The Hall–Kier alpha value is 0.480. The fourth-order valence-electron chi connectivity index (χ4n) is 2.15. The number of phenolic OH excluding ortho intramolecular Hbond substituents is 1. The first-order valence-corrected chi connectivity index (χ1v) is 7.58. The van der Waals surface area contributed by atoms with Crippen LogP contribution in [0, 0.1) is 0 Å². The Morgan fingerprint density at radius 3 is 2.47 bits per heavy atom. The summed E-state index contributed by atoms with van der Waals surface area (Å²) in [4.78, 5) is 0. The lowest BCUT2D eigenvalue weighted by atomic mass is 9.84. The Morgan fingerprint density at radius 2 is 1.87 bits per heavy atom. The molecule has 1 fully saturated rings. The van der Waals surface area contributed by atoms with Gasteiger partial charge in [-0.2, -0.15) is 0 Å². The summed E-state index contributed by atoms with van der Waals surface area (Å²) >= 11 is 5.18. The zero-order valence-electron chi connectivity index (χ0n) is 8.42. The minimum atomic E-state index is 0.268. The van der Waals surface area contributed by atoms with Gasteiger partial charge in [-0.3, -0.25) is 0 Å². The molecule has 1 aliphatic rings. The maximum absolute atomic E-state index is 9.30. The van der Waals surface area contributed by atoms with Crippen LogP contribution in [0.5, 0.6) is 5.75 Å². The molecule has 2 unspecified atom stereocenters. The number of phenols is 1. The first-order valence-electron chi connectivity index (χ1n) is 5.25. The van der Waals surface area contributed by atoms with Gasteiger partial charge in [0.1, 0.15) is 5.75 Å². The van der Waals surface area contributed by atoms with E-state index in [0.717, 1.165) is 0 Å².